The highest BCUT2D eigenvalue weighted by Gasteiger charge is 2.30. The minimum atomic E-state index is -0.494. The molecule has 0 radical (unpaired) electrons. The van der Waals surface area contributed by atoms with Crippen molar-refractivity contribution >= 4 is 49.7 Å². The van der Waals surface area contributed by atoms with Crippen LogP contribution in [0.15, 0.2) is 75.4 Å². The van der Waals surface area contributed by atoms with Gasteiger partial charge < -0.3 is 9.47 Å². The molecule has 3 aromatic rings. The number of carbonyl (C=O) groups is 2. The second kappa shape index (κ2) is 7.97. The number of allylic oxidation sites excluding steroid dienone is 1. The lowest BCUT2D eigenvalue weighted by Crippen LogP contribution is -2.09. The van der Waals surface area contributed by atoms with Crippen molar-refractivity contribution in [2.24, 2.45) is 0 Å². The molecule has 29 heavy (non-hydrogen) atoms. The van der Waals surface area contributed by atoms with Gasteiger partial charge in [-0.25, -0.2) is 4.79 Å². The summed E-state index contributed by atoms with van der Waals surface area (Å²) in [5.74, 6) is 0.253. The number of hydrogen-bond donors (Lipinski definition) is 0. The second-order valence-corrected chi connectivity index (χ2v) is 8.24. The Balaban J connectivity index is 1.62. The zero-order valence-corrected chi connectivity index (χ0v) is 18.4. The molecule has 0 atom stereocenters. The normalized spacial score (nSPS) is 13.9. The van der Waals surface area contributed by atoms with E-state index in [-0.39, 0.29) is 11.5 Å². The third-order valence-corrected chi connectivity index (χ3v) is 5.64. The summed E-state index contributed by atoms with van der Waals surface area (Å²) < 4.78 is 12.9. The van der Waals surface area contributed by atoms with Crippen LogP contribution < -0.4 is 9.47 Å². The van der Waals surface area contributed by atoms with Crippen LogP contribution in [0.3, 0.4) is 0 Å². The molecule has 0 spiro atoms. The SMILES string of the molecule is Cc1cc(OC(=O)c2ccccc2Br)cc2c1C(=O)/C(=C/c1ccc(Br)cc1)O2. The van der Waals surface area contributed by atoms with Gasteiger partial charge in [0.1, 0.15) is 11.5 Å². The maximum absolute atomic E-state index is 12.8. The average Bonchev–Trinajstić information content (AvgIpc) is 2.99. The van der Waals surface area contributed by atoms with E-state index in [1.807, 2.05) is 30.3 Å². The third-order valence-electron chi connectivity index (χ3n) is 4.42. The molecular formula is C23H14Br2O4. The van der Waals surface area contributed by atoms with Crippen molar-refractivity contribution in [1.29, 1.82) is 0 Å². The van der Waals surface area contributed by atoms with Crippen LogP contribution in [-0.2, 0) is 0 Å². The van der Waals surface area contributed by atoms with Gasteiger partial charge in [0.2, 0.25) is 5.78 Å². The summed E-state index contributed by atoms with van der Waals surface area (Å²) in [5, 5.41) is 0. The predicted molar refractivity (Wildman–Crippen MR) is 117 cm³/mol. The lowest BCUT2D eigenvalue weighted by molar-refractivity contribution is 0.0733. The van der Waals surface area contributed by atoms with Crippen LogP contribution in [0.2, 0.25) is 0 Å². The highest BCUT2D eigenvalue weighted by atomic mass is 79.9. The van der Waals surface area contributed by atoms with E-state index in [0.29, 0.717) is 32.7 Å². The number of rotatable bonds is 3. The van der Waals surface area contributed by atoms with E-state index in [2.05, 4.69) is 31.9 Å². The molecule has 0 saturated carbocycles. The number of ketones is 1. The van der Waals surface area contributed by atoms with Crippen molar-refractivity contribution < 1.29 is 19.1 Å². The van der Waals surface area contributed by atoms with E-state index in [1.54, 1.807) is 43.3 Å². The molecule has 0 fully saturated rings. The van der Waals surface area contributed by atoms with Gasteiger partial charge in [-0.3, -0.25) is 4.79 Å². The molecule has 1 heterocycles. The summed E-state index contributed by atoms with van der Waals surface area (Å²) in [6.45, 7) is 1.79. The van der Waals surface area contributed by atoms with Gasteiger partial charge in [0.15, 0.2) is 5.76 Å². The lowest BCUT2D eigenvalue weighted by atomic mass is 10.0. The molecule has 0 bridgehead atoms. The molecule has 0 unspecified atom stereocenters. The number of esters is 1. The quantitative estimate of drug-likeness (QED) is 0.232. The zero-order chi connectivity index (χ0) is 20.5. The fourth-order valence-corrected chi connectivity index (χ4v) is 3.75. The Morgan fingerprint density at radius 1 is 1.03 bits per heavy atom. The van der Waals surface area contributed by atoms with Crippen LogP contribution >= 0.6 is 31.9 Å². The monoisotopic (exact) mass is 512 g/mol. The average molecular weight is 514 g/mol. The number of benzene rings is 3. The van der Waals surface area contributed by atoms with Crippen molar-refractivity contribution in [1.82, 2.24) is 0 Å². The molecule has 6 heteroatoms. The Morgan fingerprint density at radius 3 is 2.48 bits per heavy atom. The van der Waals surface area contributed by atoms with Gasteiger partial charge >= 0.3 is 5.97 Å². The molecule has 1 aliphatic rings. The van der Waals surface area contributed by atoms with Gasteiger partial charge in [-0.05, 0) is 70.4 Å². The maximum atomic E-state index is 12.8. The zero-order valence-electron chi connectivity index (χ0n) is 15.2. The standard InChI is InChI=1S/C23H14Br2O4/c1-13-10-16(28-23(27)17-4-2-3-5-18(17)25)12-19-21(13)22(26)20(29-19)11-14-6-8-15(24)9-7-14/h2-12H,1H3/b20-11-. The highest BCUT2D eigenvalue weighted by molar-refractivity contribution is 9.10. The molecule has 4 nitrogen and oxygen atoms in total. The summed E-state index contributed by atoms with van der Waals surface area (Å²) in [6, 6.07) is 17.8. The fourth-order valence-electron chi connectivity index (χ4n) is 3.04. The molecule has 1 aliphatic heterocycles. The Labute approximate surface area is 184 Å². The van der Waals surface area contributed by atoms with E-state index in [0.717, 1.165) is 10.0 Å². The number of Topliss-reactive ketones (excluding diaryl/α,β-unsaturated/α-hetero) is 1. The molecular weight excluding hydrogens is 500 g/mol. The Morgan fingerprint density at radius 2 is 1.76 bits per heavy atom. The number of halogens is 2. The van der Waals surface area contributed by atoms with Gasteiger partial charge in [0.05, 0.1) is 11.1 Å². The van der Waals surface area contributed by atoms with Crippen LogP contribution in [0.5, 0.6) is 11.5 Å². The third kappa shape index (κ3) is 4.04. The van der Waals surface area contributed by atoms with E-state index in [1.165, 1.54) is 0 Å². The predicted octanol–water partition coefficient (Wildman–Crippen LogP) is 6.36. The molecule has 0 saturated heterocycles. The molecule has 4 rings (SSSR count). The summed E-state index contributed by atoms with van der Waals surface area (Å²) in [4.78, 5) is 25.2. The lowest BCUT2D eigenvalue weighted by Gasteiger charge is -2.08. The first-order valence-electron chi connectivity index (χ1n) is 8.73. The second-order valence-electron chi connectivity index (χ2n) is 6.47. The number of fused-ring (bicyclic) bond motifs is 1. The first kappa shape index (κ1) is 19.6. The number of carbonyl (C=O) groups excluding carboxylic acids is 2. The Bertz CT molecular complexity index is 1160. The van der Waals surface area contributed by atoms with Crippen LogP contribution in [0, 0.1) is 6.92 Å². The molecule has 3 aromatic carbocycles. The van der Waals surface area contributed by atoms with Gasteiger partial charge in [0, 0.05) is 15.0 Å². The fraction of sp³-hybridized carbons (Fsp3) is 0.0435. The van der Waals surface area contributed by atoms with Crippen molar-refractivity contribution in [3.8, 4) is 11.5 Å². The van der Waals surface area contributed by atoms with Gasteiger partial charge in [-0.15, -0.1) is 0 Å². The first-order valence-corrected chi connectivity index (χ1v) is 10.3. The van der Waals surface area contributed by atoms with Crippen molar-refractivity contribution in [2.45, 2.75) is 6.92 Å². The minimum Gasteiger partial charge on any atom is -0.452 e. The van der Waals surface area contributed by atoms with Crippen molar-refractivity contribution in [3.63, 3.8) is 0 Å². The Hall–Kier alpha value is -2.70. The van der Waals surface area contributed by atoms with E-state index in [4.69, 9.17) is 9.47 Å². The van der Waals surface area contributed by atoms with Crippen LogP contribution in [0.25, 0.3) is 6.08 Å². The number of aryl methyl sites for hydroxylation is 1. The molecule has 0 amide bonds. The summed E-state index contributed by atoms with van der Waals surface area (Å²) in [6.07, 6.45) is 1.70. The van der Waals surface area contributed by atoms with Gasteiger partial charge in [-0.1, -0.05) is 40.2 Å². The summed E-state index contributed by atoms with van der Waals surface area (Å²) in [7, 11) is 0. The molecule has 0 N–H and O–H groups in total. The maximum Gasteiger partial charge on any atom is 0.344 e. The molecule has 0 aliphatic carbocycles. The van der Waals surface area contributed by atoms with Crippen LogP contribution in [0.1, 0.15) is 31.8 Å². The minimum absolute atomic E-state index is 0.191. The van der Waals surface area contributed by atoms with Crippen LogP contribution in [-0.4, -0.2) is 11.8 Å². The summed E-state index contributed by atoms with van der Waals surface area (Å²) >= 11 is 6.73. The Kier molecular flexibility index (Phi) is 5.39. The molecule has 144 valence electrons. The van der Waals surface area contributed by atoms with Crippen molar-refractivity contribution in [2.75, 3.05) is 0 Å². The van der Waals surface area contributed by atoms with E-state index < -0.39 is 5.97 Å². The smallest absolute Gasteiger partial charge is 0.344 e. The van der Waals surface area contributed by atoms with E-state index >= 15 is 0 Å². The summed E-state index contributed by atoms with van der Waals surface area (Å²) in [5.41, 5.74) is 2.43. The largest absolute Gasteiger partial charge is 0.452 e. The number of hydrogen-bond acceptors (Lipinski definition) is 4. The molecule has 0 aromatic heterocycles. The van der Waals surface area contributed by atoms with Gasteiger partial charge in [-0.2, -0.15) is 0 Å². The van der Waals surface area contributed by atoms with Crippen molar-refractivity contribution in [3.05, 3.63) is 97.6 Å². The number of ether oxygens (including phenoxy) is 2. The first-order chi connectivity index (χ1) is 13.9. The van der Waals surface area contributed by atoms with Gasteiger partial charge in [0.25, 0.3) is 0 Å². The van der Waals surface area contributed by atoms with Crippen LogP contribution in [0.4, 0.5) is 0 Å². The topological polar surface area (TPSA) is 52.6 Å². The highest BCUT2D eigenvalue weighted by Crippen LogP contribution is 2.38. The van der Waals surface area contributed by atoms with E-state index in [9.17, 15) is 9.59 Å².